The summed E-state index contributed by atoms with van der Waals surface area (Å²) in [6.07, 6.45) is 0. The van der Waals surface area contributed by atoms with E-state index < -0.39 is 0 Å². The van der Waals surface area contributed by atoms with Gasteiger partial charge >= 0.3 is 0 Å². The Morgan fingerprint density at radius 2 is 1.67 bits per heavy atom. The quantitative estimate of drug-likeness (QED) is 0.625. The molecule has 5 heteroatoms. The second kappa shape index (κ2) is 6.83. The van der Waals surface area contributed by atoms with Crippen molar-refractivity contribution in [2.75, 3.05) is 0 Å². The lowest BCUT2D eigenvalue weighted by Gasteiger charge is -2.21. The molecule has 0 aliphatic heterocycles. The molecule has 0 spiro atoms. The fourth-order valence-electron chi connectivity index (χ4n) is 2.27. The molecule has 21 heavy (non-hydrogen) atoms. The van der Waals surface area contributed by atoms with Crippen molar-refractivity contribution in [2.45, 2.75) is 25.9 Å². The van der Waals surface area contributed by atoms with Crippen LogP contribution < -0.4 is 5.32 Å². The van der Waals surface area contributed by atoms with E-state index in [0.717, 1.165) is 10.0 Å². The lowest BCUT2D eigenvalue weighted by Crippen LogP contribution is -2.22. The van der Waals surface area contributed by atoms with Gasteiger partial charge in [-0.2, -0.15) is 0 Å². The molecule has 0 aromatic heterocycles. The highest BCUT2D eigenvalue weighted by Gasteiger charge is 2.14. The van der Waals surface area contributed by atoms with Crippen molar-refractivity contribution in [1.82, 2.24) is 5.32 Å². The standard InChI is InChI=1S/C16H17BrN2O2/c1-11(13-7-9-14(10-8-13)19(20)21)18-12(2)15-5-3-4-6-16(15)17/h3-12,18H,1-2H3. The number of non-ortho nitro benzene ring substituents is 1. The van der Waals surface area contributed by atoms with Gasteiger partial charge in [-0.05, 0) is 31.0 Å². The Balaban J connectivity index is 2.09. The first-order valence-electron chi connectivity index (χ1n) is 6.74. The molecule has 2 unspecified atom stereocenters. The van der Waals surface area contributed by atoms with Gasteiger partial charge in [0.1, 0.15) is 0 Å². The van der Waals surface area contributed by atoms with E-state index in [1.807, 2.05) is 18.2 Å². The van der Waals surface area contributed by atoms with Crippen molar-refractivity contribution in [3.63, 3.8) is 0 Å². The predicted molar refractivity (Wildman–Crippen MR) is 87.2 cm³/mol. The first kappa shape index (κ1) is 15.7. The summed E-state index contributed by atoms with van der Waals surface area (Å²) in [6, 6.07) is 15.0. The largest absolute Gasteiger partial charge is 0.304 e. The van der Waals surface area contributed by atoms with Crippen molar-refractivity contribution >= 4 is 21.6 Å². The van der Waals surface area contributed by atoms with E-state index in [1.165, 1.54) is 17.7 Å². The number of nitrogens with one attached hydrogen (secondary N) is 1. The van der Waals surface area contributed by atoms with Crippen LogP contribution in [-0.2, 0) is 0 Å². The van der Waals surface area contributed by atoms with Crippen LogP contribution in [0.1, 0.15) is 37.1 Å². The Morgan fingerprint density at radius 1 is 1.05 bits per heavy atom. The van der Waals surface area contributed by atoms with Crippen LogP contribution in [0.5, 0.6) is 0 Å². The Hall–Kier alpha value is -1.72. The summed E-state index contributed by atoms with van der Waals surface area (Å²) in [7, 11) is 0. The van der Waals surface area contributed by atoms with E-state index in [4.69, 9.17) is 0 Å². The SMILES string of the molecule is CC(NC(C)c1ccccc1Br)c1ccc([N+](=O)[O-])cc1. The van der Waals surface area contributed by atoms with Gasteiger partial charge in [-0.15, -0.1) is 0 Å². The van der Waals surface area contributed by atoms with Crippen molar-refractivity contribution in [2.24, 2.45) is 0 Å². The maximum absolute atomic E-state index is 10.7. The van der Waals surface area contributed by atoms with E-state index >= 15 is 0 Å². The fourth-order valence-corrected chi connectivity index (χ4v) is 2.90. The van der Waals surface area contributed by atoms with Gasteiger partial charge in [0, 0.05) is 28.7 Å². The number of nitro groups is 1. The summed E-state index contributed by atoms with van der Waals surface area (Å²) in [5.74, 6) is 0. The minimum absolute atomic E-state index is 0.105. The van der Waals surface area contributed by atoms with E-state index in [1.54, 1.807) is 12.1 Å². The van der Waals surface area contributed by atoms with Gasteiger partial charge in [-0.1, -0.05) is 46.3 Å². The highest BCUT2D eigenvalue weighted by Crippen LogP contribution is 2.26. The number of nitro benzene ring substituents is 1. The number of hydrogen-bond donors (Lipinski definition) is 1. The summed E-state index contributed by atoms with van der Waals surface area (Å²) >= 11 is 3.55. The smallest absolute Gasteiger partial charge is 0.269 e. The van der Waals surface area contributed by atoms with E-state index in [2.05, 4.69) is 41.2 Å². The number of hydrogen-bond acceptors (Lipinski definition) is 3. The normalized spacial score (nSPS) is 13.7. The van der Waals surface area contributed by atoms with E-state index in [-0.39, 0.29) is 22.7 Å². The molecule has 0 amide bonds. The summed E-state index contributed by atoms with van der Waals surface area (Å²) < 4.78 is 1.07. The summed E-state index contributed by atoms with van der Waals surface area (Å²) in [5, 5.41) is 14.2. The molecule has 0 heterocycles. The van der Waals surface area contributed by atoms with Crippen LogP contribution in [0, 0.1) is 10.1 Å². The van der Waals surface area contributed by atoms with Crippen molar-refractivity contribution in [3.05, 3.63) is 74.2 Å². The van der Waals surface area contributed by atoms with Crippen LogP contribution in [-0.4, -0.2) is 4.92 Å². The maximum atomic E-state index is 10.7. The Kier molecular flexibility index (Phi) is 5.09. The molecule has 2 atom stereocenters. The number of nitrogens with zero attached hydrogens (tertiary/aromatic N) is 1. The Labute approximate surface area is 132 Å². The third-order valence-electron chi connectivity index (χ3n) is 3.48. The molecule has 0 saturated heterocycles. The molecular weight excluding hydrogens is 332 g/mol. The van der Waals surface area contributed by atoms with E-state index in [0.29, 0.717) is 0 Å². The minimum Gasteiger partial charge on any atom is -0.304 e. The molecule has 1 N–H and O–H groups in total. The first-order chi connectivity index (χ1) is 9.99. The first-order valence-corrected chi connectivity index (χ1v) is 7.53. The van der Waals surface area contributed by atoms with Crippen LogP contribution >= 0.6 is 15.9 Å². The second-order valence-corrected chi connectivity index (χ2v) is 5.83. The zero-order valence-corrected chi connectivity index (χ0v) is 13.5. The minimum atomic E-state index is -0.383. The Morgan fingerprint density at radius 3 is 2.24 bits per heavy atom. The van der Waals surface area contributed by atoms with Gasteiger partial charge in [-0.3, -0.25) is 10.1 Å². The van der Waals surface area contributed by atoms with Gasteiger partial charge in [0.05, 0.1) is 4.92 Å². The summed E-state index contributed by atoms with van der Waals surface area (Å²) in [6.45, 7) is 4.15. The van der Waals surface area contributed by atoms with Gasteiger partial charge in [-0.25, -0.2) is 0 Å². The van der Waals surface area contributed by atoms with Gasteiger partial charge in [0.2, 0.25) is 0 Å². The Bertz CT molecular complexity index is 628. The van der Waals surface area contributed by atoms with E-state index in [9.17, 15) is 10.1 Å². The number of benzene rings is 2. The molecule has 110 valence electrons. The lowest BCUT2D eigenvalue weighted by molar-refractivity contribution is -0.384. The molecular formula is C16H17BrN2O2. The average Bonchev–Trinajstić information content (AvgIpc) is 2.47. The predicted octanol–water partition coefficient (Wildman–Crippen LogP) is 4.77. The van der Waals surface area contributed by atoms with Crippen LogP contribution in [0.15, 0.2) is 53.0 Å². The third kappa shape index (κ3) is 3.89. The summed E-state index contributed by atoms with van der Waals surface area (Å²) in [4.78, 5) is 10.3. The summed E-state index contributed by atoms with van der Waals surface area (Å²) in [5.41, 5.74) is 2.33. The topological polar surface area (TPSA) is 55.2 Å². The van der Waals surface area contributed by atoms with Crippen molar-refractivity contribution in [3.8, 4) is 0 Å². The van der Waals surface area contributed by atoms with Crippen LogP contribution in [0.4, 0.5) is 5.69 Å². The number of halogens is 1. The van der Waals surface area contributed by atoms with Crippen LogP contribution in [0.3, 0.4) is 0 Å². The zero-order valence-electron chi connectivity index (χ0n) is 11.9. The molecule has 0 fully saturated rings. The van der Waals surface area contributed by atoms with Crippen LogP contribution in [0.2, 0.25) is 0 Å². The van der Waals surface area contributed by atoms with Crippen LogP contribution in [0.25, 0.3) is 0 Å². The van der Waals surface area contributed by atoms with Crippen molar-refractivity contribution in [1.29, 1.82) is 0 Å². The molecule has 2 aromatic carbocycles. The average molecular weight is 349 g/mol. The molecule has 0 aliphatic rings. The van der Waals surface area contributed by atoms with Crippen molar-refractivity contribution < 1.29 is 4.92 Å². The molecule has 0 aliphatic carbocycles. The third-order valence-corrected chi connectivity index (χ3v) is 4.20. The maximum Gasteiger partial charge on any atom is 0.269 e. The monoisotopic (exact) mass is 348 g/mol. The highest BCUT2D eigenvalue weighted by atomic mass is 79.9. The zero-order chi connectivity index (χ0) is 15.4. The van der Waals surface area contributed by atoms with Gasteiger partial charge in [0.25, 0.3) is 5.69 Å². The fraction of sp³-hybridized carbons (Fsp3) is 0.250. The lowest BCUT2D eigenvalue weighted by atomic mass is 10.0. The number of rotatable bonds is 5. The molecule has 0 bridgehead atoms. The van der Waals surface area contributed by atoms with Gasteiger partial charge in [0.15, 0.2) is 0 Å². The van der Waals surface area contributed by atoms with Gasteiger partial charge < -0.3 is 5.32 Å². The molecule has 0 radical (unpaired) electrons. The molecule has 4 nitrogen and oxygen atoms in total. The molecule has 0 saturated carbocycles. The molecule has 2 rings (SSSR count). The highest BCUT2D eigenvalue weighted by molar-refractivity contribution is 9.10. The second-order valence-electron chi connectivity index (χ2n) is 4.98. The molecule has 2 aromatic rings.